The number of nitrogens with zero attached hydrogens (tertiary/aromatic N) is 3. The number of para-hydroxylation sites is 3. The fraction of sp³-hybridized carbons (Fsp3) is 0.229. The maximum absolute atomic E-state index is 12.0. The molecule has 0 bridgehead atoms. The molecule has 5 amide bonds. The first-order valence-electron chi connectivity index (χ1n) is 14.9. The normalized spacial score (nSPS) is 10.2. The lowest BCUT2D eigenvalue weighted by Gasteiger charge is -2.27. The van der Waals surface area contributed by atoms with Crippen molar-refractivity contribution in [1.29, 1.82) is 0 Å². The summed E-state index contributed by atoms with van der Waals surface area (Å²) in [4.78, 5) is 41.1. The standard InChI is InChI=1S/C18H20BrN3O2.C17H20BrN3O/c1-13-6-5-7-15(12-13)21(14(2)23)10-11-22(18(20)24)17-9-4-3-8-16(17)19;1-2-21(14-8-4-3-5-9-14)13-12-19-17(22)20-16-11-7-6-10-15(16)18/h3-9,12H,10-11H2,1-2H3,(H2,20,24);3-11H,2,12-13H2,1H3,(H2,19,20,22). The SMILES string of the molecule is CC(=O)N(CCN(C(N)=O)c1ccccc1Br)c1cccc(C)c1.CCN(CCNC(=O)Nc1ccccc1Br)c1ccccc1. The summed E-state index contributed by atoms with van der Waals surface area (Å²) in [6.07, 6.45) is 0. The Morgan fingerprint density at radius 1 is 0.739 bits per heavy atom. The summed E-state index contributed by atoms with van der Waals surface area (Å²) in [6.45, 7) is 8.48. The van der Waals surface area contributed by atoms with Gasteiger partial charge in [-0.15, -0.1) is 0 Å². The Morgan fingerprint density at radius 2 is 1.35 bits per heavy atom. The second-order valence-electron chi connectivity index (χ2n) is 10.2. The number of hydrogen-bond donors (Lipinski definition) is 3. The molecule has 4 aromatic carbocycles. The molecule has 11 heteroatoms. The zero-order valence-electron chi connectivity index (χ0n) is 26.3. The van der Waals surface area contributed by atoms with E-state index >= 15 is 0 Å². The largest absolute Gasteiger partial charge is 0.370 e. The number of hydrogen-bond acceptors (Lipinski definition) is 4. The zero-order valence-corrected chi connectivity index (χ0v) is 29.4. The van der Waals surface area contributed by atoms with E-state index in [1.165, 1.54) is 11.8 Å². The Kier molecular flexibility index (Phi) is 14.6. The van der Waals surface area contributed by atoms with Crippen LogP contribution in [-0.4, -0.2) is 50.7 Å². The molecule has 0 heterocycles. The monoisotopic (exact) mass is 750 g/mol. The minimum atomic E-state index is -0.561. The van der Waals surface area contributed by atoms with Crippen LogP contribution < -0.4 is 31.1 Å². The van der Waals surface area contributed by atoms with Gasteiger partial charge in [0, 0.05) is 60.0 Å². The topological polar surface area (TPSA) is 111 Å². The van der Waals surface area contributed by atoms with E-state index in [0.29, 0.717) is 25.3 Å². The summed E-state index contributed by atoms with van der Waals surface area (Å²) in [7, 11) is 0. The van der Waals surface area contributed by atoms with Crippen LogP contribution >= 0.6 is 31.9 Å². The van der Waals surface area contributed by atoms with E-state index < -0.39 is 6.03 Å². The van der Waals surface area contributed by atoms with E-state index in [9.17, 15) is 14.4 Å². The molecule has 0 saturated heterocycles. The van der Waals surface area contributed by atoms with Gasteiger partial charge < -0.3 is 26.2 Å². The second-order valence-corrected chi connectivity index (χ2v) is 11.9. The molecule has 9 nitrogen and oxygen atoms in total. The van der Waals surface area contributed by atoms with Gasteiger partial charge in [0.2, 0.25) is 5.91 Å². The molecule has 0 radical (unpaired) electrons. The molecule has 0 unspecified atom stereocenters. The van der Waals surface area contributed by atoms with Crippen molar-refractivity contribution in [2.75, 3.05) is 52.7 Å². The van der Waals surface area contributed by atoms with Crippen molar-refractivity contribution in [2.45, 2.75) is 20.8 Å². The van der Waals surface area contributed by atoms with Gasteiger partial charge in [0.15, 0.2) is 0 Å². The van der Waals surface area contributed by atoms with Gasteiger partial charge in [-0.2, -0.15) is 0 Å². The number of likely N-dealkylation sites (N-methyl/N-ethyl adjacent to an activating group) is 1. The predicted molar refractivity (Wildman–Crippen MR) is 196 cm³/mol. The van der Waals surface area contributed by atoms with Crippen LogP contribution in [0, 0.1) is 6.92 Å². The summed E-state index contributed by atoms with van der Waals surface area (Å²) in [5.41, 5.74) is 10.00. The molecule has 0 atom stereocenters. The molecule has 4 rings (SSSR count). The van der Waals surface area contributed by atoms with Crippen molar-refractivity contribution in [3.05, 3.63) is 118 Å². The zero-order chi connectivity index (χ0) is 33.5. The molecule has 4 aromatic rings. The van der Waals surface area contributed by atoms with Gasteiger partial charge in [-0.3, -0.25) is 9.69 Å². The van der Waals surface area contributed by atoms with E-state index in [2.05, 4.69) is 66.4 Å². The van der Waals surface area contributed by atoms with Crippen molar-refractivity contribution < 1.29 is 14.4 Å². The lowest BCUT2D eigenvalue weighted by Crippen LogP contribution is -2.43. The molecule has 4 N–H and O–H groups in total. The average molecular weight is 753 g/mol. The highest BCUT2D eigenvalue weighted by atomic mass is 79.9. The van der Waals surface area contributed by atoms with E-state index in [1.54, 1.807) is 11.0 Å². The average Bonchev–Trinajstić information content (AvgIpc) is 3.03. The smallest absolute Gasteiger partial charge is 0.319 e. The molecule has 0 spiro atoms. The quantitative estimate of drug-likeness (QED) is 0.145. The molecule has 0 aliphatic heterocycles. The van der Waals surface area contributed by atoms with Crippen molar-refractivity contribution >= 4 is 72.6 Å². The summed E-state index contributed by atoms with van der Waals surface area (Å²) in [6, 6.07) is 32.0. The lowest BCUT2D eigenvalue weighted by atomic mass is 10.2. The highest BCUT2D eigenvalue weighted by Gasteiger charge is 2.19. The van der Waals surface area contributed by atoms with Crippen LogP contribution in [-0.2, 0) is 4.79 Å². The third-order valence-electron chi connectivity index (χ3n) is 6.94. The molecule has 242 valence electrons. The number of rotatable bonds is 11. The van der Waals surface area contributed by atoms with Gasteiger partial charge >= 0.3 is 12.1 Å². The van der Waals surface area contributed by atoms with Crippen molar-refractivity contribution in [1.82, 2.24) is 5.32 Å². The second kappa shape index (κ2) is 18.6. The minimum Gasteiger partial charge on any atom is -0.370 e. The Morgan fingerprint density at radius 3 is 1.96 bits per heavy atom. The fourth-order valence-corrected chi connectivity index (χ4v) is 5.51. The van der Waals surface area contributed by atoms with Gasteiger partial charge in [0.1, 0.15) is 0 Å². The van der Waals surface area contributed by atoms with Gasteiger partial charge in [-0.05, 0) is 99.8 Å². The number of urea groups is 2. The van der Waals surface area contributed by atoms with E-state index in [4.69, 9.17) is 5.73 Å². The number of aryl methyl sites for hydroxylation is 1. The maximum atomic E-state index is 12.0. The van der Waals surface area contributed by atoms with Crippen molar-refractivity contribution in [2.24, 2.45) is 5.73 Å². The Bertz CT molecular complexity index is 1590. The number of nitrogens with one attached hydrogen (secondary N) is 2. The number of carbonyl (C=O) groups is 3. The molecular formula is C35H40Br2N6O3. The van der Waals surface area contributed by atoms with Crippen molar-refractivity contribution in [3.8, 4) is 0 Å². The number of carbonyl (C=O) groups excluding carboxylic acids is 3. The first-order chi connectivity index (χ1) is 22.1. The highest BCUT2D eigenvalue weighted by molar-refractivity contribution is 9.11. The van der Waals surface area contributed by atoms with Crippen LogP contribution in [0.3, 0.4) is 0 Å². The summed E-state index contributed by atoms with van der Waals surface area (Å²) in [5, 5.41) is 5.71. The fourth-order valence-electron chi connectivity index (χ4n) is 4.63. The molecule has 0 aromatic heterocycles. The van der Waals surface area contributed by atoms with Crippen molar-refractivity contribution in [3.63, 3.8) is 0 Å². The molecule has 0 fully saturated rings. The summed E-state index contributed by atoms with van der Waals surface area (Å²) < 4.78 is 1.64. The molecule has 0 aliphatic rings. The minimum absolute atomic E-state index is 0.0860. The first kappa shape index (κ1) is 36.1. The van der Waals surface area contributed by atoms with Gasteiger partial charge in [-0.1, -0.05) is 54.6 Å². The lowest BCUT2D eigenvalue weighted by molar-refractivity contribution is -0.116. The Balaban J connectivity index is 0.000000251. The molecule has 0 saturated carbocycles. The molecule has 46 heavy (non-hydrogen) atoms. The third-order valence-corrected chi connectivity index (χ3v) is 8.30. The predicted octanol–water partition coefficient (Wildman–Crippen LogP) is 7.79. The first-order valence-corrected chi connectivity index (χ1v) is 16.4. The number of amides is 5. The summed E-state index contributed by atoms with van der Waals surface area (Å²) >= 11 is 6.83. The number of primary amides is 1. The molecular weight excluding hydrogens is 712 g/mol. The van der Waals surface area contributed by atoms with E-state index in [1.807, 2.05) is 91.9 Å². The number of anilines is 4. The summed E-state index contributed by atoms with van der Waals surface area (Å²) in [5.74, 6) is -0.0860. The highest BCUT2D eigenvalue weighted by Crippen LogP contribution is 2.26. The van der Waals surface area contributed by atoms with Crippen LogP contribution in [0.15, 0.2) is 112 Å². The Labute approximate surface area is 288 Å². The van der Waals surface area contributed by atoms with Crippen LogP contribution in [0.25, 0.3) is 0 Å². The maximum Gasteiger partial charge on any atom is 0.319 e. The van der Waals surface area contributed by atoms with Gasteiger partial charge in [-0.25, -0.2) is 9.59 Å². The number of benzene rings is 4. The van der Waals surface area contributed by atoms with Crippen LogP contribution in [0.2, 0.25) is 0 Å². The van der Waals surface area contributed by atoms with Crippen LogP contribution in [0.1, 0.15) is 19.4 Å². The van der Waals surface area contributed by atoms with Crippen LogP contribution in [0.5, 0.6) is 0 Å². The van der Waals surface area contributed by atoms with E-state index in [-0.39, 0.29) is 11.9 Å². The Hall–Kier alpha value is -4.35. The number of halogens is 2. The third kappa shape index (κ3) is 11.2. The van der Waals surface area contributed by atoms with Crippen LogP contribution in [0.4, 0.5) is 32.3 Å². The van der Waals surface area contributed by atoms with Gasteiger partial charge in [0.25, 0.3) is 0 Å². The number of nitrogens with two attached hydrogens (primary N) is 1. The van der Waals surface area contributed by atoms with E-state index in [0.717, 1.165) is 44.7 Å². The van der Waals surface area contributed by atoms with Gasteiger partial charge in [0.05, 0.1) is 11.4 Å². The molecule has 0 aliphatic carbocycles.